The first-order valence-corrected chi connectivity index (χ1v) is 6.72. The van der Waals surface area contributed by atoms with E-state index >= 15 is 0 Å². The summed E-state index contributed by atoms with van der Waals surface area (Å²) in [6.45, 7) is 0.996. The highest BCUT2D eigenvalue weighted by Crippen LogP contribution is 2.32. The number of hydrogen-bond acceptors (Lipinski definition) is 5. The number of nitrogens with zero attached hydrogens (tertiary/aromatic N) is 1. The van der Waals surface area contributed by atoms with Crippen molar-refractivity contribution in [1.82, 2.24) is 4.98 Å². The number of Topliss-reactive ketones (excluding diaryl/α,β-unsaturated/α-hetero) is 2. The Kier molecular flexibility index (Phi) is 5.76. The monoisotopic (exact) mass is 327 g/mol. The Balaban J connectivity index is 3.24. The van der Waals surface area contributed by atoms with Crippen LogP contribution in [0.15, 0.2) is 18.3 Å². The van der Waals surface area contributed by atoms with E-state index < -0.39 is 35.3 Å². The summed E-state index contributed by atoms with van der Waals surface area (Å²) in [5.41, 5.74) is -2.38. The lowest BCUT2D eigenvalue weighted by molar-refractivity contribution is -0.151. The largest absolute Gasteiger partial charge is 0.481 e. The van der Waals surface area contributed by atoms with Gasteiger partial charge in [-0.3, -0.25) is 19.2 Å². The van der Waals surface area contributed by atoms with Gasteiger partial charge in [0.15, 0.2) is 17.0 Å². The zero-order valence-electron chi connectivity index (χ0n) is 11.7. The van der Waals surface area contributed by atoms with Crippen molar-refractivity contribution in [3.63, 3.8) is 0 Å². The summed E-state index contributed by atoms with van der Waals surface area (Å²) >= 11 is 5.67. The maximum absolute atomic E-state index is 12.5. The molecule has 1 rings (SSSR count). The normalized spacial score (nSPS) is 13.2. The third-order valence-corrected chi connectivity index (χ3v) is 3.49. The van der Waals surface area contributed by atoms with E-state index in [4.69, 9.17) is 16.7 Å². The predicted octanol–water partition coefficient (Wildman–Crippen LogP) is 1.83. The quantitative estimate of drug-likeness (QED) is 0.424. The summed E-state index contributed by atoms with van der Waals surface area (Å²) < 4.78 is 0. The average molecular weight is 328 g/mol. The van der Waals surface area contributed by atoms with Gasteiger partial charge in [-0.1, -0.05) is 11.6 Å². The Morgan fingerprint density at radius 3 is 2.36 bits per heavy atom. The van der Waals surface area contributed by atoms with E-state index in [2.05, 4.69) is 4.98 Å². The number of carbonyl (C=O) groups excluding carboxylic acids is 2. The molecule has 8 heteroatoms. The number of carboxylic acid groups (broad SMARTS) is 2. The predicted molar refractivity (Wildman–Crippen MR) is 75.8 cm³/mol. The molecule has 1 unspecified atom stereocenters. The fraction of sp³-hybridized carbons (Fsp3) is 0.357. The minimum absolute atomic E-state index is 0.0146. The van der Waals surface area contributed by atoms with Gasteiger partial charge in [-0.05, 0) is 31.9 Å². The first-order chi connectivity index (χ1) is 10.2. The molecular weight excluding hydrogens is 314 g/mol. The molecule has 1 aromatic heterocycles. The average Bonchev–Trinajstić information content (AvgIpc) is 2.41. The van der Waals surface area contributed by atoms with E-state index in [1.54, 1.807) is 0 Å². The number of rotatable bonds is 8. The van der Waals surface area contributed by atoms with Crippen molar-refractivity contribution in [2.24, 2.45) is 5.41 Å². The highest BCUT2D eigenvalue weighted by Gasteiger charge is 2.50. The van der Waals surface area contributed by atoms with Crippen LogP contribution in [-0.2, 0) is 14.4 Å². The summed E-state index contributed by atoms with van der Waals surface area (Å²) in [7, 11) is 0. The van der Waals surface area contributed by atoms with Crippen LogP contribution in [0.5, 0.6) is 0 Å². The van der Waals surface area contributed by atoms with Gasteiger partial charge >= 0.3 is 11.9 Å². The number of aliphatic carboxylic acids is 2. The zero-order chi connectivity index (χ0) is 16.9. The SMILES string of the molecule is CC(=O)C(CCCC(=O)O)(C(=O)O)C(=O)c1ccnc(Cl)c1. The summed E-state index contributed by atoms with van der Waals surface area (Å²) in [6, 6.07) is 2.42. The fourth-order valence-corrected chi connectivity index (χ4v) is 2.27. The number of carbonyl (C=O) groups is 4. The Labute approximate surface area is 130 Å². The minimum Gasteiger partial charge on any atom is -0.481 e. The topological polar surface area (TPSA) is 122 Å². The second-order valence-electron chi connectivity index (χ2n) is 4.71. The number of carboxylic acids is 2. The third-order valence-electron chi connectivity index (χ3n) is 3.28. The smallest absolute Gasteiger partial charge is 0.325 e. The molecule has 0 fully saturated rings. The Bertz CT molecular complexity index is 614. The Morgan fingerprint density at radius 2 is 1.91 bits per heavy atom. The molecule has 0 aliphatic rings. The van der Waals surface area contributed by atoms with Crippen LogP contribution < -0.4 is 0 Å². The van der Waals surface area contributed by atoms with Crippen molar-refractivity contribution >= 4 is 35.1 Å². The van der Waals surface area contributed by atoms with Crippen LogP contribution >= 0.6 is 11.6 Å². The molecular formula is C14H14ClNO6. The van der Waals surface area contributed by atoms with Gasteiger partial charge in [-0.25, -0.2) is 4.98 Å². The van der Waals surface area contributed by atoms with E-state index in [-0.39, 0.29) is 23.6 Å². The molecule has 22 heavy (non-hydrogen) atoms. The highest BCUT2D eigenvalue weighted by atomic mass is 35.5. The number of hydrogen-bond donors (Lipinski definition) is 2. The third kappa shape index (κ3) is 3.67. The number of aromatic nitrogens is 1. The van der Waals surface area contributed by atoms with E-state index in [9.17, 15) is 24.3 Å². The Hall–Kier alpha value is -2.28. The molecule has 7 nitrogen and oxygen atoms in total. The van der Waals surface area contributed by atoms with Gasteiger partial charge in [0, 0.05) is 18.2 Å². The van der Waals surface area contributed by atoms with Crippen molar-refractivity contribution in [3.8, 4) is 0 Å². The second-order valence-corrected chi connectivity index (χ2v) is 5.10. The molecule has 1 heterocycles. The van der Waals surface area contributed by atoms with Gasteiger partial charge in [-0.2, -0.15) is 0 Å². The van der Waals surface area contributed by atoms with E-state index in [1.165, 1.54) is 18.3 Å². The van der Waals surface area contributed by atoms with Crippen LogP contribution in [-0.4, -0.2) is 38.7 Å². The molecule has 0 spiro atoms. The highest BCUT2D eigenvalue weighted by molar-refractivity contribution is 6.31. The maximum atomic E-state index is 12.5. The second kappa shape index (κ2) is 7.13. The van der Waals surface area contributed by atoms with E-state index in [0.717, 1.165) is 6.92 Å². The van der Waals surface area contributed by atoms with E-state index in [1.807, 2.05) is 0 Å². The molecule has 0 radical (unpaired) electrons. The lowest BCUT2D eigenvalue weighted by Gasteiger charge is -2.25. The maximum Gasteiger partial charge on any atom is 0.325 e. The summed E-state index contributed by atoms with van der Waals surface area (Å²) in [5.74, 6) is -4.53. The molecule has 0 saturated carbocycles. The summed E-state index contributed by atoms with van der Waals surface area (Å²) in [4.78, 5) is 50.3. The molecule has 1 aromatic rings. The number of pyridine rings is 1. The van der Waals surface area contributed by atoms with Gasteiger partial charge in [0.25, 0.3) is 0 Å². The standard InChI is InChI=1S/C14H14ClNO6/c1-8(17)14(13(21)22,5-2-3-11(18)19)12(20)9-4-6-16-10(15)7-9/h4,6-7H,2-3,5H2,1H3,(H,18,19)(H,21,22). The Morgan fingerprint density at radius 1 is 1.27 bits per heavy atom. The summed E-state index contributed by atoms with van der Waals surface area (Å²) in [5, 5.41) is 18.0. The van der Waals surface area contributed by atoms with Crippen molar-refractivity contribution in [3.05, 3.63) is 29.0 Å². The van der Waals surface area contributed by atoms with Gasteiger partial charge in [0.05, 0.1) is 0 Å². The van der Waals surface area contributed by atoms with Crippen LogP contribution in [0.4, 0.5) is 0 Å². The molecule has 0 saturated heterocycles. The molecule has 2 N–H and O–H groups in total. The van der Waals surface area contributed by atoms with Crippen molar-refractivity contribution in [2.45, 2.75) is 26.2 Å². The van der Waals surface area contributed by atoms with Crippen molar-refractivity contribution in [1.29, 1.82) is 0 Å². The lowest BCUT2D eigenvalue weighted by atomic mass is 9.73. The molecule has 0 aromatic carbocycles. The van der Waals surface area contributed by atoms with Gasteiger partial charge in [0.1, 0.15) is 5.15 Å². The number of ketones is 2. The first kappa shape index (κ1) is 17.8. The summed E-state index contributed by atoms with van der Waals surface area (Å²) in [6.07, 6.45) is 0.362. The van der Waals surface area contributed by atoms with Crippen LogP contribution in [0.25, 0.3) is 0 Å². The molecule has 118 valence electrons. The van der Waals surface area contributed by atoms with Crippen LogP contribution in [0, 0.1) is 5.41 Å². The van der Waals surface area contributed by atoms with Crippen LogP contribution in [0.3, 0.4) is 0 Å². The van der Waals surface area contributed by atoms with Crippen molar-refractivity contribution in [2.75, 3.05) is 0 Å². The van der Waals surface area contributed by atoms with Crippen LogP contribution in [0.1, 0.15) is 36.5 Å². The van der Waals surface area contributed by atoms with Gasteiger partial charge in [0.2, 0.25) is 0 Å². The molecule has 0 amide bonds. The molecule has 0 aliphatic heterocycles. The molecule has 0 bridgehead atoms. The van der Waals surface area contributed by atoms with Gasteiger partial charge in [-0.15, -0.1) is 0 Å². The first-order valence-electron chi connectivity index (χ1n) is 6.34. The zero-order valence-corrected chi connectivity index (χ0v) is 12.5. The van der Waals surface area contributed by atoms with Crippen LogP contribution in [0.2, 0.25) is 5.15 Å². The lowest BCUT2D eigenvalue weighted by Crippen LogP contribution is -2.45. The van der Waals surface area contributed by atoms with E-state index in [0.29, 0.717) is 0 Å². The minimum atomic E-state index is -2.32. The molecule has 0 aliphatic carbocycles. The van der Waals surface area contributed by atoms with Gasteiger partial charge < -0.3 is 10.2 Å². The van der Waals surface area contributed by atoms with Crippen molar-refractivity contribution < 1.29 is 29.4 Å². The molecule has 1 atom stereocenters. The number of halogens is 1. The fourth-order valence-electron chi connectivity index (χ4n) is 2.10.